The molecule has 0 saturated heterocycles. The van der Waals surface area contributed by atoms with E-state index in [0.29, 0.717) is 6.04 Å². The molecule has 1 aliphatic rings. The van der Waals surface area contributed by atoms with Crippen LogP contribution in [-0.4, -0.2) is 36.2 Å². The average Bonchev–Trinajstić information content (AvgIpc) is 3.24. The van der Waals surface area contributed by atoms with Gasteiger partial charge in [-0.05, 0) is 37.1 Å². The summed E-state index contributed by atoms with van der Waals surface area (Å²) in [6, 6.07) is 8.25. The van der Waals surface area contributed by atoms with Crippen molar-refractivity contribution in [3.8, 4) is 11.3 Å². The number of nitrogens with zero attached hydrogens (tertiary/aromatic N) is 2. The number of aromatic nitrogens is 1. The second kappa shape index (κ2) is 6.60. The second-order valence-electron chi connectivity index (χ2n) is 5.32. The fourth-order valence-corrected chi connectivity index (χ4v) is 2.47. The number of oxazole rings is 1. The van der Waals surface area contributed by atoms with Crippen LogP contribution in [0.5, 0.6) is 0 Å². The van der Waals surface area contributed by atoms with E-state index in [-0.39, 0.29) is 0 Å². The number of rotatable bonds is 7. The van der Waals surface area contributed by atoms with E-state index in [4.69, 9.17) is 20.8 Å². The first-order valence-corrected chi connectivity index (χ1v) is 7.57. The zero-order valence-corrected chi connectivity index (χ0v) is 12.8. The van der Waals surface area contributed by atoms with Gasteiger partial charge in [-0.2, -0.15) is 0 Å². The van der Waals surface area contributed by atoms with Crippen molar-refractivity contribution in [2.24, 2.45) is 0 Å². The lowest BCUT2D eigenvalue weighted by Gasteiger charge is -2.19. The van der Waals surface area contributed by atoms with Crippen LogP contribution in [0.15, 0.2) is 34.9 Å². The molecule has 5 heteroatoms. The highest BCUT2D eigenvalue weighted by Gasteiger charge is 2.29. The molecule has 4 nitrogen and oxygen atoms in total. The van der Waals surface area contributed by atoms with Crippen LogP contribution in [0.2, 0.25) is 5.02 Å². The second-order valence-corrected chi connectivity index (χ2v) is 5.76. The Hall–Kier alpha value is -1.36. The van der Waals surface area contributed by atoms with E-state index in [1.165, 1.54) is 12.8 Å². The Kier molecular flexibility index (Phi) is 4.58. The van der Waals surface area contributed by atoms with E-state index in [1.54, 1.807) is 13.3 Å². The van der Waals surface area contributed by atoms with Crippen molar-refractivity contribution < 1.29 is 9.15 Å². The number of hydrogen-bond donors (Lipinski definition) is 0. The highest BCUT2D eigenvalue weighted by atomic mass is 35.5. The lowest BCUT2D eigenvalue weighted by atomic mass is 10.2. The molecule has 112 valence electrons. The SMILES string of the molecule is COCCN(Cc1ncc(-c2ccc(Cl)cc2)o1)C1CC1. The monoisotopic (exact) mass is 306 g/mol. The minimum atomic E-state index is 0.658. The third kappa shape index (κ3) is 3.84. The number of ether oxygens (including phenoxy) is 1. The Morgan fingerprint density at radius 3 is 2.76 bits per heavy atom. The Labute approximate surface area is 129 Å². The minimum Gasteiger partial charge on any atom is -0.439 e. The van der Waals surface area contributed by atoms with E-state index < -0.39 is 0 Å². The van der Waals surface area contributed by atoms with Crippen LogP contribution in [-0.2, 0) is 11.3 Å². The normalized spacial score (nSPS) is 14.8. The molecule has 0 aliphatic heterocycles. The molecule has 1 heterocycles. The van der Waals surface area contributed by atoms with Gasteiger partial charge in [0.25, 0.3) is 0 Å². The summed E-state index contributed by atoms with van der Waals surface area (Å²) in [5.74, 6) is 1.53. The first-order valence-electron chi connectivity index (χ1n) is 7.20. The van der Waals surface area contributed by atoms with Crippen molar-refractivity contribution in [3.05, 3.63) is 41.4 Å². The molecule has 0 amide bonds. The molecule has 2 aromatic rings. The largest absolute Gasteiger partial charge is 0.439 e. The summed E-state index contributed by atoms with van der Waals surface area (Å²) in [5, 5.41) is 0.720. The van der Waals surface area contributed by atoms with E-state index in [1.807, 2.05) is 24.3 Å². The summed E-state index contributed by atoms with van der Waals surface area (Å²) in [6.07, 6.45) is 4.29. The van der Waals surface area contributed by atoms with Gasteiger partial charge in [-0.1, -0.05) is 11.6 Å². The lowest BCUT2D eigenvalue weighted by molar-refractivity contribution is 0.133. The maximum absolute atomic E-state index is 5.90. The van der Waals surface area contributed by atoms with Crippen LogP contribution >= 0.6 is 11.6 Å². The molecule has 0 N–H and O–H groups in total. The summed E-state index contributed by atoms with van der Waals surface area (Å²) in [4.78, 5) is 6.77. The minimum absolute atomic E-state index is 0.658. The molecular weight excluding hydrogens is 288 g/mol. The number of halogens is 1. The maximum atomic E-state index is 5.90. The van der Waals surface area contributed by atoms with Gasteiger partial charge < -0.3 is 9.15 Å². The van der Waals surface area contributed by atoms with Gasteiger partial charge in [0.15, 0.2) is 5.76 Å². The molecular formula is C16H19ClN2O2. The summed E-state index contributed by atoms with van der Waals surface area (Å²) in [7, 11) is 1.73. The van der Waals surface area contributed by atoms with E-state index in [0.717, 1.165) is 41.9 Å². The van der Waals surface area contributed by atoms with Crippen LogP contribution in [0.25, 0.3) is 11.3 Å². The number of methoxy groups -OCH3 is 1. The molecule has 1 aromatic carbocycles. The van der Waals surface area contributed by atoms with E-state index in [2.05, 4.69) is 9.88 Å². The first kappa shape index (κ1) is 14.6. The Morgan fingerprint density at radius 2 is 2.10 bits per heavy atom. The number of hydrogen-bond acceptors (Lipinski definition) is 4. The van der Waals surface area contributed by atoms with Crippen molar-refractivity contribution in [2.75, 3.05) is 20.3 Å². The summed E-state index contributed by atoms with van der Waals surface area (Å²) >= 11 is 5.90. The molecule has 21 heavy (non-hydrogen) atoms. The highest BCUT2D eigenvalue weighted by Crippen LogP contribution is 2.29. The zero-order valence-electron chi connectivity index (χ0n) is 12.1. The highest BCUT2D eigenvalue weighted by molar-refractivity contribution is 6.30. The summed E-state index contributed by atoms with van der Waals surface area (Å²) < 4.78 is 11.0. The fraction of sp³-hybridized carbons (Fsp3) is 0.438. The van der Waals surface area contributed by atoms with Gasteiger partial charge in [-0.3, -0.25) is 4.90 Å². The third-order valence-corrected chi connectivity index (χ3v) is 3.92. The Bertz CT molecular complexity index is 578. The fourth-order valence-electron chi connectivity index (χ4n) is 2.34. The van der Waals surface area contributed by atoms with Crippen LogP contribution in [0.1, 0.15) is 18.7 Å². The topological polar surface area (TPSA) is 38.5 Å². The van der Waals surface area contributed by atoms with Gasteiger partial charge >= 0.3 is 0 Å². The Morgan fingerprint density at radius 1 is 1.33 bits per heavy atom. The lowest BCUT2D eigenvalue weighted by Crippen LogP contribution is -2.29. The van der Waals surface area contributed by atoms with Gasteiger partial charge in [0, 0.05) is 30.3 Å². The van der Waals surface area contributed by atoms with Gasteiger partial charge in [-0.15, -0.1) is 0 Å². The molecule has 1 aliphatic carbocycles. The van der Waals surface area contributed by atoms with Crippen LogP contribution in [0, 0.1) is 0 Å². The molecule has 0 bridgehead atoms. The maximum Gasteiger partial charge on any atom is 0.209 e. The quantitative estimate of drug-likeness (QED) is 0.783. The van der Waals surface area contributed by atoms with Crippen molar-refractivity contribution in [1.82, 2.24) is 9.88 Å². The standard InChI is InChI=1S/C16H19ClN2O2/c1-20-9-8-19(14-6-7-14)11-16-18-10-15(21-16)12-2-4-13(17)5-3-12/h2-5,10,14H,6-9,11H2,1H3. The van der Waals surface area contributed by atoms with Crippen molar-refractivity contribution >= 4 is 11.6 Å². The van der Waals surface area contributed by atoms with Crippen molar-refractivity contribution in [1.29, 1.82) is 0 Å². The zero-order chi connectivity index (χ0) is 14.7. The van der Waals surface area contributed by atoms with Gasteiger partial charge in [-0.25, -0.2) is 4.98 Å². The van der Waals surface area contributed by atoms with Crippen LogP contribution in [0.4, 0.5) is 0 Å². The van der Waals surface area contributed by atoms with E-state index >= 15 is 0 Å². The molecule has 1 fully saturated rings. The molecule has 0 spiro atoms. The van der Waals surface area contributed by atoms with Crippen LogP contribution in [0.3, 0.4) is 0 Å². The molecule has 0 atom stereocenters. The van der Waals surface area contributed by atoms with Crippen molar-refractivity contribution in [2.45, 2.75) is 25.4 Å². The summed E-state index contributed by atoms with van der Waals surface area (Å²) in [6.45, 7) is 2.39. The predicted octanol–water partition coefficient (Wildman–Crippen LogP) is 3.61. The molecule has 1 saturated carbocycles. The smallest absolute Gasteiger partial charge is 0.209 e. The molecule has 0 unspecified atom stereocenters. The van der Waals surface area contributed by atoms with Gasteiger partial charge in [0.2, 0.25) is 5.89 Å². The summed E-state index contributed by atoms with van der Waals surface area (Å²) in [5.41, 5.74) is 0.994. The average molecular weight is 307 g/mol. The molecule has 1 aromatic heterocycles. The van der Waals surface area contributed by atoms with Gasteiger partial charge in [0.05, 0.1) is 19.3 Å². The predicted molar refractivity (Wildman–Crippen MR) is 82.3 cm³/mol. The number of benzene rings is 1. The van der Waals surface area contributed by atoms with Crippen LogP contribution < -0.4 is 0 Å². The molecule has 0 radical (unpaired) electrons. The van der Waals surface area contributed by atoms with Gasteiger partial charge in [0.1, 0.15) is 0 Å². The van der Waals surface area contributed by atoms with E-state index in [9.17, 15) is 0 Å². The third-order valence-electron chi connectivity index (χ3n) is 3.67. The van der Waals surface area contributed by atoms with Crippen molar-refractivity contribution in [3.63, 3.8) is 0 Å². The first-order chi connectivity index (χ1) is 10.3. The Balaban J connectivity index is 1.67. The molecule has 3 rings (SSSR count).